The second kappa shape index (κ2) is 4.39. The Balaban J connectivity index is 3.05. The maximum atomic E-state index is 13.0. The number of sulfonamides is 1. The van der Waals surface area contributed by atoms with Crippen molar-refractivity contribution >= 4 is 20.1 Å². The Morgan fingerprint density at radius 1 is 1.06 bits per heavy atom. The van der Waals surface area contributed by atoms with Crippen LogP contribution in [0.3, 0.4) is 0 Å². The van der Waals surface area contributed by atoms with Crippen molar-refractivity contribution in [3.05, 3.63) is 0 Å². The number of piperazine rings is 1. The third-order valence-electron chi connectivity index (χ3n) is 2.39. The van der Waals surface area contributed by atoms with Gasteiger partial charge in [0.05, 0.1) is 0 Å². The van der Waals surface area contributed by atoms with Gasteiger partial charge in [0.25, 0.3) is 10.0 Å². The van der Waals surface area contributed by atoms with E-state index in [0.717, 1.165) is 0 Å². The normalized spacial score (nSPS) is 21.6. The van der Waals surface area contributed by atoms with E-state index >= 15 is 0 Å². The van der Waals surface area contributed by atoms with E-state index in [1.807, 2.05) is 0 Å². The molecule has 0 aliphatic carbocycles. The molecule has 17 heavy (non-hydrogen) atoms. The SMILES string of the molecule is CN1CCN(S(=O)(=O)C(F)(F)S(=O)(=O)[O-])CC1. The summed E-state index contributed by atoms with van der Waals surface area (Å²) in [5.74, 6) is 0. The van der Waals surface area contributed by atoms with Crippen LogP contribution < -0.4 is 0 Å². The molecule has 1 aliphatic heterocycles. The molecule has 11 heteroatoms. The van der Waals surface area contributed by atoms with E-state index in [9.17, 15) is 30.2 Å². The zero-order valence-electron chi connectivity index (χ0n) is 8.84. The quantitative estimate of drug-likeness (QED) is 0.597. The van der Waals surface area contributed by atoms with E-state index in [0.29, 0.717) is 4.31 Å². The van der Waals surface area contributed by atoms with Crippen molar-refractivity contribution in [3.63, 3.8) is 0 Å². The van der Waals surface area contributed by atoms with Gasteiger partial charge in [-0.25, -0.2) is 16.8 Å². The lowest BCUT2D eigenvalue weighted by molar-refractivity contribution is 0.144. The number of alkyl halides is 2. The lowest BCUT2D eigenvalue weighted by Gasteiger charge is -2.34. The van der Waals surface area contributed by atoms with E-state index in [2.05, 4.69) is 0 Å². The Morgan fingerprint density at radius 3 is 1.82 bits per heavy atom. The van der Waals surface area contributed by atoms with E-state index in [4.69, 9.17) is 0 Å². The lowest BCUT2D eigenvalue weighted by Crippen LogP contribution is -2.54. The molecule has 0 N–H and O–H groups in total. The summed E-state index contributed by atoms with van der Waals surface area (Å²) in [5.41, 5.74) is 0. The summed E-state index contributed by atoms with van der Waals surface area (Å²) in [4.78, 5) is 1.69. The van der Waals surface area contributed by atoms with Crippen molar-refractivity contribution in [1.29, 1.82) is 0 Å². The maximum absolute atomic E-state index is 13.0. The molecule has 0 aromatic heterocycles. The molecule has 0 spiro atoms. The predicted molar refractivity (Wildman–Crippen MR) is 52.6 cm³/mol. The second-order valence-electron chi connectivity index (χ2n) is 3.62. The molecule has 0 bridgehead atoms. The molecule has 0 amide bonds. The Morgan fingerprint density at radius 2 is 1.47 bits per heavy atom. The van der Waals surface area contributed by atoms with Crippen molar-refractivity contribution in [1.82, 2.24) is 9.21 Å². The molecule has 0 aromatic rings. The van der Waals surface area contributed by atoms with Crippen LogP contribution in [0.1, 0.15) is 0 Å². The number of hydrogen-bond donors (Lipinski definition) is 0. The molecule has 0 saturated carbocycles. The zero-order chi connectivity index (χ0) is 13.5. The molecule has 0 unspecified atom stereocenters. The minimum atomic E-state index is -6.25. The summed E-state index contributed by atoms with van der Waals surface area (Å²) in [6, 6.07) is 0. The van der Waals surface area contributed by atoms with E-state index in [1.54, 1.807) is 11.9 Å². The smallest absolute Gasteiger partial charge is 0.447 e. The molecule has 0 radical (unpaired) electrons. The van der Waals surface area contributed by atoms with E-state index < -0.39 is 24.7 Å². The van der Waals surface area contributed by atoms with Crippen LogP contribution in [0.2, 0.25) is 0 Å². The molecular weight excluding hydrogens is 282 g/mol. The zero-order valence-corrected chi connectivity index (χ0v) is 10.5. The van der Waals surface area contributed by atoms with Gasteiger partial charge in [-0.2, -0.15) is 13.1 Å². The van der Waals surface area contributed by atoms with Crippen LogP contribution in [-0.4, -0.2) is 68.4 Å². The molecule has 0 aromatic carbocycles. The molecule has 1 heterocycles. The molecule has 102 valence electrons. The number of nitrogens with zero attached hydrogens (tertiary/aromatic N) is 2. The molecule has 1 fully saturated rings. The van der Waals surface area contributed by atoms with Crippen molar-refractivity contribution in [3.8, 4) is 0 Å². The van der Waals surface area contributed by atoms with Crippen molar-refractivity contribution in [2.75, 3.05) is 33.2 Å². The minimum Gasteiger partial charge on any atom is -0.742 e. The van der Waals surface area contributed by atoms with Crippen LogP contribution in [-0.2, 0) is 20.1 Å². The van der Waals surface area contributed by atoms with Crippen LogP contribution >= 0.6 is 0 Å². The van der Waals surface area contributed by atoms with Gasteiger partial charge in [0, 0.05) is 26.2 Å². The van der Waals surface area contributed by atoms with Crippen LogP contribution in [0.5, 0.6) is 0 Å². The van der Waals surface area contributed by atoms with E-state index in [1.165, 1.54) is 0 Å². The highest BCUT2D eigenvalue weighted by molar-refractivity contribution is 8.06. The summed E-state index contributed by atoms with van der Waals surface area (Å²) < 4.78 is 74.6. The number of hydrogen-bond acceptors (Lipinski definition) is 6. The highest BCUT2D eigenvalue weighted by Crippen LogP contribution is 2.30. The number of likely N-dealkylation sites (N-methyl/N-ethyl adjacent to an activating group) is 1. The molecule has 1 saturated heterocycles. The fourth-order valence-electron chi connectivity index (χ4n) is 1.31. The molecule has 7 nitrogen and oxygen atoms in total. The standard InChI is InChI=1S/C6H12F2N2O5S2/c1-9-2-4-10(5-3-9)16(11,12)6(7,8)17(13,14)15/h2-5H2,1H3,(H,13,14,15)/p-1. The second-order valence-corrected chi connectivity index (χ2v) is 7.28. The van der Waals surface area contributed by atoms with E-state index in [-0.39, 0.29) is 26.2 Å². The van der Waals surface area contributed by atoms with Crippen molar-refractivity contribution in [2.45, 2.75) is 4.59 Å². The summed E-state index contributed by atoms with van der Waals surface area (Å²) in [7, 11) is -10.1. The van der Waals surface area contributed by atoms with Crippen molar-refractivity contribution < 1.29 is 30.2 Å². The minimum absolute atomic E-state index is 0.189. The van der Waals surface area contributed by atoms with Gasteiger partial charge in [0.1, 0.15) is 0 Å². The van der Waals surface area contributed by atoms with Gasteiger partial charge < -0.3 is 9.45 Å². The lowest BCUT2D eigenvalue weighted by atomic mass is 10.4. The van der Waals surface area contributed by atoms with Gasteiger partial charge >= 0.3 is 4.59 Å². The van der Waals surface area contributed by atoms with Gasteiger partial charge in [-0.15, -0.1) is 0 Å². The first kappa shape index (κ1) is 14.7. The Labute approximate surface area is 97.8 Å². The summed E-state index contributed by atoms with van der Waals surface area (Å²) in [6.45, 7) is -0.170. The Hall–Kier alpha value is -0.360. The fourth-order valence-corrected chi connectivity index (χ4v) is 3.60. The van der Waals surface area contributed by atoms with Gasteiger partial charge in [0.15, 0.2) is 10.1 Å². The largest absolute Gasteiger partial charge is 0.742 e. The van der Waals surface area contributed by atoms with Gasteiger partial charge in [-0.3, -0.25) is 0 Å². The molecule has 1 rings (SSSR count). The molecule has 1 aliphatic rings. The average molecular weight is 293 g/mol. The predicted octanol–water partition coefficient (Wildman–Crippen LogP) is -1.34. The number of rotatable bonds is 3. The first-order valence-electron chi connectivity index (χ1n) is 4.51. The monoisotopic (exact) mass is 293 g/mol. The highest BCUT2D eigenvalue weighted by atomic mass is 32.3. The van der Waals surface area contributed by atoms with Crippen molar-refractivity contribution in [2.24, 2.45) is 0 Å². The molecular formula is C6H11F2N2O5S2-. The van der Waals surface area contributed by atoms with Crippen LogP contribution in [0.4, 0.5) is 8.78 Å². The third kappa shape index (κ3) is 2.57. The number of halogens is 2. The highest BCUT2D eigenvalue weighted by Gasteiger charge is 2.55. The first-order chi connectivity index (χ1) is 7.50. The van der Waals surface area contributed by atoms with Crippen LogP contribution in [0, 0.1) is 0 Å². The third-order valence-corrected chi connectivity index (χ3v) is 5.87. The van der Waals surface area contributed by atoms with Gasteiger partial charge in [0.2, 0.25) is 0 Å². The van der Waals surface area contributed by atoms with Gasteiger partial charge in [-0.1, -0.05) is 0 Å². The topological polar surface area (TPSA) is 97.8 Å². The van der Waals surface area contributed by atoms with Crippen LogP contribution in [0.25, 0.3) is 0 Å². The van der Waals surface area contributed by atoms with Crippen LogP contribution in [0.15, 0.2) is 0 Å². The first-order valence-corrected chi connectivity index (χ1v) is 7.36. The molecule has 0 atom stereocenters. The summed E-state index contributed by atoms with van der Waals surface area (Å²) >= 11 is 0. The Bertz CT molecular complexity index is 481. The maximum Gasteiger partial charge on any atom is 0.447 e. The van der Waals surface area contributed by atoms with Gasteiger partial charge in [-0.05, 0) is 7.05 Å². The Kier molecular flexibility index (Phi) is 3.79. The summed E-state index contributed by atoms with van der Waals surface area (Å²) in [5, 5.41) is 0. The fraction of sp³-hybridized carbons (Fsp3) is 1.00. The summed E-state index contributed by atoms with van der Waals surface area (Å²) in [6.07, 6.45) is 0. The average Bonchev–Trinajstić information content (AvgIpc) is 2.16.